The minimum absolute atomic E-state index is 0.198. The van der Waals surface area contributed by atoms with Gasteiger partial charge in [0, 0.05) is 0 Å². The lowest BCUT2D eigenvalue weighted by Crippen LogP contribution is -2.44. The number of nitrogens with one attached hydrogen (secondary N) is 1. The highest BCUT2D eigenvalue weighted by atomic mass is 16.3. The van der Waals surface area contributed by atoms with Crippen molar-refractivity contribution in [3.05, 3.63) is 29.8 Å². The monoisotopic (exact) mass is 205 g/mol. The van der Waals surface area contributed by atoms with Crippen LogP contribution in [0, 0.1) is 5.92 Å². The summed E-state index contributed by atoms with van der Waals surface area (Å²) in [7, 11) is 0. The summed E-state index contributed by atoms with van der Waals surface area (Å²) in [6.07, 6.45) is 1.14. The molecule has 0 radical (unpaired) electrons. The molecule has 0 aromatic heterocycles. The molecule has 2 rings (SSSR count). The van der Waals surface area contributed by atoms with Gasteiger partial charge in [0.2, 0.25) is 0 Å². The van der Waals surface area contributed by atoms with Gasteiger partial charge in [-0.05, 0) is 48.5 Å². The number of benzene rings is 1. The van der Waals surface area contributed by atoms with Crippen LogP contribution >= 0.6 is 0 Å². The van der Waals surface area contributed by atoms with Crippen molar-refractivity contribution in [3.8, 4) is 5.75 Å². The summed E-state index contributed by atoms with van der Waals surface area (Å²) in [4.78, 5) is 0. The molecule has 0 aliphatic carbocycles. The maximum atomic E-state index is 9.53. The Morgan fingerprint density at radius 3 is 2.93 bits per heavy atom. The van der Waals surface area contributed by atoms with Gasteiger partial charge in [0.25, 0.3) is 0 Å². The van der Waals surface area contributed by atoms with Crippen LogP contribution in [-0.2, 0) is 5.41 Å². The van der Waals surface area contributed by atoms with E-state index in [1.807, 2.05) is 12.1 Å². The topological polar surface area (TPSA) is 32.3 Å². The van der Waals surface area contributed by atoms with Crippen molar-refractivity contribution in [1.29, 1.82) is 0 Å². The van der Waals surface area contributed by atoms with Gasteiger partial charge in [-0.1, -0.05) is 26.0 Å². The van der Waals surface area contributed by atoms with E-state index in [9.17, 15) is 5.11 Å². The molecule has 2 heteroatoms. The zero-order chi connectivity index (χ0) is 10.9. The molecule has 1 saturated heterocycles. The normalized spacial score (nSPS) is 31.5. The maximum Gasteiger partial charge on any atom is 0.115 e. The number of hydrogen-bond donors (Lipinski definition) is 2. The lowest BCUT2D eigenvalue weighted by molar-refractivity contribution is 0.237. The summed E-state index contributed by atoms with van der Waals surface area (Å²) in [6, 6.07) is 7.70. The minimum Gasteiger partial charge on any atom is -0.508 e. The second kappa shape index (κ2) is 3.86. The molecule has 0 amide bonds. The van der Waals surface area contributed by atoms with Gasteiger partial charge in [-0.25, -0.2) is 0 Å². The summed E-state index contributed by atoms with van der Waals surface area (Å²) < 4.78 is 0. The van der Waals surface area contributed by atoms with Crippen LogP contribution in [0.3, 0.4) is 0 Å². The molecule has 1 aliphatic rings. The van der Waals surface area contributed by atoms with E-state index in [2.05, 4.69) is 25.2 Å². The molecular weight excluding hydrogens is 186 g/mol. The molecular formula is C13H19NO. The van der Waals surface area contributed by atoms with Gasteiger partial charge < -0.3 is 10.4 Å². The van der Waals surface area contributed by atoms with Gasteiger partial charge in [0.15, 0.2) is 0 Å². The number of rotatable bonds is 1. The van der Waals surface area contributed by atoms with E-state index in [0.29, 0.717) is 11.7 Å². The third-order valence-electron chi connectivity index (χ3n) is 3.86. The Hall–Kier alpha value is -1.02. The first-order valence-corrected chi connectivity index (χ1v) is 5.63. The van der Waals surface area contributed by atoms with Gasteiger partial charge in [-0.2, -0.15) is 0 Å². The Balaban J connectivity index is 2.34. The van der Waals surface area contributed by atoms with Crippen LogP contribution in [0.1, 0.15) is 25.8 Å². The molecule has 1 aliphatic heterocycles. The zero-order valence-electron chi connectivity index (χ0n) is 9.46. The third kappa shape index (κ3) is 1.86. The Bertz CT molecular complexity index is 350. The van der Waals surface area contributed by atoms with E-state index in [1.54, 1.807) is 6.07 Å². The molecule has 1 aromatic carbocycles. The van der Waals surface area contributed by atoms with Crippen LogP contribution in [-0.4, -0.2) is 18.2 Å². The van der Waals surface area contributed by atoms with Gasteiger partial charge >= 0.3 is 0 Å². The Morgan fingerprint density at radius 1 is 1.47 bits per heavy atom. The lowest BCUT2D eigenvalue weighted by atomic mass is 9.68. The van der Waals surface area contributed by atoms with Crippen molar-refractivity contribution >= 4 is 0 Å². The fraction of sp³-hybridized carbons (Fsp3) is 0.538. The smallest absolute Gasteiger partial charge is 0.115 e. The molecule has 0 bridgehead atoms. The first kappa shape index (κ1) is 10.5. The average molecular weight is 205 g/mol. The molecule has 1 aromatic rings. The number of phenols is 1. The van der Waals surface area contributed by atoms with Gasteiger partial charge in [-0.3, -0.25) is 0 Å². The van der Waals surface area contributed by atoms with E-state index in [4.69, 9.17) is 0 Å². The molecule has 2 atom stereocenters. The minimum atomic E-state index is 0.198. The summed E-state index contributed by atoms with van der Waals surface area (Å²) in [6.45, 7) is 6.70. The molecule has 15 heavy (non-hydrogen) atoms. The second-order valence-electron chi connectivity index (χ2n) is 4.82. The number of piperidine rings is 1. The predicted octanol–water partition coefficient (Wildman–Crippen LogP) is 2.28. The highest BCUT2D eigenvalue weighted by molar-refractivity contribution is 5.33. The Morgan fingerprint density at radius 2 is 2.27 bits per heavy atom. The standard InChI is InChI=1S/C13H19NO/c1-10-9-14-7-6-13(10,2)11-4-3-5-12(15)8-11/h3-5,8,10,14-15H,6-7,9H2,1-2H3/t10?,13-/m1/s1. The van der Waals surface area contributed by atoms with Crippen LogP contribution in [0.2, 0.25) is 0 Å². The largest absolute Gasteiger partial charge is 0.508 e. The van der Waals surface area contributed by atoms with Crippen molar-refractivity contribution in [2.75, 3.05) is 13.1 Å². The molecule has 82 valence electrons. The lowest BCUT2D eigenvalue weighted by Gasteiger charge is -2.40. The zero-order valence-corrected chi connectivity index (χ0v) is 9.46. The second-order valence-corrected chi connectivity index (χ2v) is 4.82. The van der Waals surface area contributed by atoms with Crippen LogP contribution in [0.15, 0.2) is 24.3 Å². The molecule has 1 heterocycles. The van der Waals surface area contributed by atoms with Crippen molar-refractivity contribution < 1.29 is 5.11 Å². The van der Waals surface area contributed by atoms with Gasteiger partial charge in [0.05, 0.1) is 0 Å². The van der Waals surface area contributed by atoms with Crippen LogP contribution in [0.5, 0.6) is 5.75 Å². The SMILES string of the molecule is CC1CNCC[C@@]1(C)c1cccc(O)c1. The molecule has 1 unspecified atom stereocenters. The quantitative estimate of drug-likeness (QED) is 0.737. The van der Waals surface area contributed by atoms with Crippen molar-refractivity contribution in [1.82, 2.24) is 5.32 Å². The van der Waals surface area contributed by atoms with Crippen molar-refractivity contribution in [3.63, 3.8) is 0 Å². The molecule has 2 nitrogen and oxygen atoms in total. The molecule has 0 spiro atoms. The summed E-state index contributed by atoms with van der Waals surface area (Å²) in [5.41, 5.74) is 1.46. The van der Waals surface area contributed by atoms with E-state index in [0.717, 1.165) is 19.5 Å². The molecule has 2 N–H and O–H groups in total. The number of aromatic hydroxyl groups is 1. The Kier molecular flexibility index (Phi) is 2.70. The van der Waals surface area contributed by atoms with Crippen molar-refractivity contribution in [2.24, 2.45) is 5.92 Å². The van der Waals surface area contributed by atoms with E-state index < -0.39 is 0 Å². The van der Waals surface area contributed by atoms with Crippen LogP contribution in [0.4, 0.5) is 0 Å². The first-order valence-electron chi connectivity index (χ1n) is 5.63. The fourth-order valence-corrected chi connectivity index (χ4v) is 2.43. The number of hydrogen-bond acceptors (Lipinski definition) is 2. The molecule has 1 fully saturated rings. The summed E-state index contributed by atoms with van der Waals surface area (Å²) >= 11 is 0. The first-order chi connectivity index (χ1) is 7.13. The fourth-order valence-electron chi connectivity index (χ4n) is 2.43. The van der Waals surface area contributed by atoms with Gasteiger partial charge in [-0.15, -0.1) is 0 Å². The van der Waals surface area contributed by atoms with Gasteiger partial charge in [0.1, 0.15) is 5.75 Å². The summed E-state index contributed by atoms with van der Waals surface area (Å²) in [5.74, 6) is 0.979. The third-order valence-corrected chi connectivity index (χ3v) is 3.86. The number of phenolic OH excluding ortho intramolecular Hbond substituents is 1. The summed E-state index contributed by atoms with van der Waals surface area (Å²) in [5, 5.41) is 12.9. The van der Waals surface area contributed by atoms with Crippen molar-refractivity contribution in [2.45, 2.75) is 25.7 Å². The molecule has 0 saturated carbocycles. The Labute approximate surface area is 91.3 Å². The van der Waals surface area contributed by atoms with Crippen LogP contribution in [0.25, 0.3) is 0 Å². The van der Waals surface area contributed by atoms with E-state index in [-0.39, 0.29) is 5.41 Å². The van der Waals surface area contributed by atoms with E-state index >= 15 is 0 Å². The van der Waals surface area contributed by atoms with Crippen LogP contribution < -0.4 is 5.32 Å². The maximum absolute atomic E-state index is 9.53. The highest BCUT2D eigenvalue weighted by Gasteiger charge is 2.35. The highest BCUT2D eigenvalue weighted by Crippen LogP contribution is 2.37. The van der Waals surface area contributed by atoms with E-state index in [1.165, 1.54) is 5.56 Å². The predicted molar refractivity (Wildman–Crippen MR) is 62.1 cm³/mol. The average Bonchev–Trinajstić information content (AvgIpc) is 2.23.